The van der Waals surface area contributed by atoms with Crippen LogP contribution in [0.3, 0.4) is 0 Å². The van der Waals surface area contributed by atoms with Gasteiger partial charge in [-0.1, -0.05) is 39.0 Å². The third-order valence-electron chi connectivity index (χ3n) is 2.57. The van der Waals surface area contributed by atoms with Gasteiger partial charge in [-0.05, 0) is 12.1 Å². The van der Waals surface area contributed by atoms with Crippen LogP contribution in [0.1, 0.15) is 31.3 Å². The number of carbonyl (C=O) groups is 1. The molecule has 1 N–H and O–H groups in total. The summed E-state index contributed by atoms with van der Waals surface area (Å²) < 4.78 is 5.74. The highest BCUT2D eigenvalue weighted by Gasteiger charge is 2.13. The third kappa shape index (κ3) is 4.03. The van der Waals surface area contributed by atoms with Crippen molar-refractivity contribution in [2.45, 2.75) is 25.5 Å². The highest BCUT2D eigenvalue weighted by Crippen LogP contribution is 2.22. The summed E-state index contributed by atoms with van der Waals surface area (Å²) in [4.78, 5) is 11.9. The van der Waals surface area contributed by atoms with E-state index < -0.39 is 0 Å². The number of nitrogens with one attached hydrogen (secondary N) is 1. The molecule has 0 spiro atoms. The van der Waals surface area contributed by atoms with Crippen LogP contribution in [0.5, 0.6) is 0 Å². The van der Waals surface area contributed by atoms with Crippen molar-refractivity contribution in [1.29, 1.82) is 0 Å². The van der Waals surface area contributed by atoms with E-state index in [4.69, 9.17) is 4.42 Å². The summed E-state index contributed by atoms with van der Waals surface area (Å²) in [7, 11) is 0. The number of fused-ring (bicyclic) bond motifs is 1. The lowest BCUT2D eigenvalue weighted by Gasteiger charge is -2.17. The van der Waals surface area contributed by atoms with E-state index in [1.54, 1.807) is 6.07 Å². The first-order valence-corrected chi connectivity index (χ1v) is 7.35. The fourth-order valence-corrected chi connectivity index (χ4v) is 2.52. The van der Waals surface area contributed by atoms with Gasteiger partial charge < -0.3 is 9.73 Å². The Bertz CT molecular complexity index is 536. The average Bonchev–Trinajstić information content (AvgIpc) is 2.77. The van der Waals surface area contributed by atoms with Crippen LogP contribution in [0.4, 0.5) is 0 Å². The Balaban J connectivity index is 1.89. The van der Waals surface area contributed by atoms with Crippen molar-refractivity contribution in [2.24, 2.45) is 0 Å². The molecule has 1 amide bonds. The highest BCUT2D eigenvalue weighted by molar-refractivity contribution is 8.00. The molecule has 102 valence electrons. The van der Waals surface area contributed by atoms with E-state index in [0.717, 1.165) is 16.7 Å². The lowest BCUT2D eigenvalue weighted by Crippen LogP contribution is -2.26. The van der Waals surface area contributed by atoms with E-state index in [2.05, 4.69) is 26.1 Å². The van der Waals surface area contributed by atoms with E-state index in [9.17, 15) is 4.79 Å². The first-order valence-electron chi connectivity index (χ1n) is 6.36. The van der Waals surface area contributed by atoms with Gasteiger partial charge in [-0.15, -0.1) is 0 Å². The van der Waals surface area contributed by atoms with Gasteiger partial charge in [-0.2, -0.15) is 11.8 Å². The number of para-hydroxylation sites is 1. The summed E-state index contributed by atoms with van der Waals surface area (Å²) in [6.07, 6.45) is 0. The topological polar surface area (TPSA) is 42.2 Å². The van der Waals surface area contributed by atoms with E-state index >= 15 is 0 Å². The maximum Gasteiger partial charge on any atom is 0.287 e. The second-order valence-corrected chi connectivity index (χ2v) is 7.29. The smallest absolute Gasteiger partial charge is 0.287 e. The molecule has 2 rings (SSSR count). The van der Waals surface area contributed by atoms with Crippen molar-refractivity contribution in [3.05, 3.63) is 36.1 Å². The van der Waals surface area contributed by atoms with Gasteiger partial charge in [0, 0.05) is 22.4 Å². The standard InChI is InChI=1S/C15H19NO2S/c1-15(2,3)19-9-8-16-14(17)13-10-11-6-4-5-7-12(11)18-13/h4-7,10H,8-9H2,1-3H3,(H,16,17). The molecule has 0 atom stereocenters. The molecule has 3 nitrogen and oxygen atoms in total. The maximum atomic E-state index is 11.9. The Kier molecular flexibility index (Phi) is 4.20. The minimum Gasteiger partial charge on any atom is -0.451 e. The van der Waals surface area contributed by atoms with Crippen LogP contribution < -0.4 is 5.32 Å². The van der Waals surface area contributed by atoms with Crippen LogP contribution in [0.15, 0.2) is 34.7 Å². The van der Waals surface area contributed by atoms with E-state index in [0.29, 0.717) is 12.3 Å². The molecule has 1 heterocycles. The molecule has 0 radical (unpaired) electrons. The number of amides is 1. The summed E-state index contributed by atoms with van der Waals surface area (Å²) in [6.45, 7) is 7.15. The molecule has 0 aliphatic heterocycles. The van der Waals surface area contributed by atoms with Gasteiger partial charge in [0.05, 0.1) is 0 Å². The van der Waals surface area contributed by atoms with Gasteiger partial charge in [-0.3, -0.25) is 4.79 Å². The average molecular weight is 277 g/mol. The molecule has 0 aliphatic carbocycles. The maximum absolute atomic E-state index is 11.9. The fourth-order valence-electron chi connectivity index (χ4n) is 1.70. The molecule has 19 heavy (non-hydrogen) atoms. The van der Waals surface area contributed by atoms with Gasteiger partial charge in [0.25, 0.3) is 5.91 Å². The summed E-state index contributed by atoms with van der Waals surface area (Å²) >= 11 is 1.83. The Morgan fingerprint density at radius 3 is 2.74 bits per heavy atom. The van der Waals surface area contributed by atoms with Gasteiger partial charge in [0.2, 0.25) is 0 Å². The number of benzene rings is 1. The first kappa shape index (κ1) is 14.0. The number of thioether (sulfide) groups is 1. The van der Waals surface area contributed by atoms with Crippen LogP contribution in [-0.2, 0) is 0 Å². The van der Waals surface area contributed by atoms with Crippen molar-refractivity contribution in [2.75, 3.05) is 12.3 Å². The Morgan fingerprint density at radius 2 is 2.05 bits per heavy atom. The molecule has 0 saturated heterocycles. The molecule has 0 saturated carbocycles. The van der Waals surface area contributed by atoms with Gasteiger partial charge in [0.1, 0.15) is 5.58 Å². The second kappa shape index (κ2) is 5.70. The zero-order chi connectivity index (χ0) is 13.9. The van der Waals surface area contributed by atoms with Crippen LogP contribution >= 0.6 is 11.8 Å². The summed E-state index contributed by atoms with van der Waals surface area (Å²) in [5.74, 6) is 1.13. The van der Waals surface area contributed by atoms with Crippen LogP contribution in [0.2, 0.25) is 0 Å². The van der Waals surface area contributed by atoms with E-state index in [-0.39, 0.29) is 10.7 Å². The molecule has 1 aromatic carbocycles. The normalized spacial score (nSPS) is 11.7. The van der Waals surface area contributed by atoms with Gasteiger partial charge >= 0.3 is 0 Å². The molecular weight excluding hydrogens is 258 g/mol. The highest BCUT2D eigenvalue weighted by atomic mass is 32.2. The third-order valence-corrected chi connectivity index (χ3v) is 3.85. The lowest BCUT2D eigenvalue weighted by molar-refractivity contribution is 0.0930. The molecule has 1 aromatic heterocycles. The largest absolute Gasteiger partial charge is 0.451 e. The molecule has 0 fully saturated rings. The van der Waals surface area contributed by atoms with Crippen molar-refractivity contribution < 1.29 is 9.21 Å². The summed E-state index contributed by atoms with van der Waals surface area (Å²) in [5.41, 5.74) is 0.747. The SMILES string of the molecule is CC(C)(C)SCCNC(=O)c1cc2ccccc2o1. The quantitative estimate of drug-likeness (QED) is 0.867. The predicted molar refractivity (Wildman–Crippen MR) is 80.8 cm³/mol. The molecule has 0 unspecified atom stereocenters. The van der Waals surface area contributed by atoms with E-state index in [1.165, 1.54) is 0 Å². The van der Waals surface area contributed by atoms with Crippen LogP contribution in [-0.4, -0.2) is 23.0 Å². The Hall–Kier alpha value is -1.42. The number of hydrogen-bond donors (Lipinski definition) is 1. The fraction of sp³-hybridized carbons (Fsp3) is 0.400. The van der Waals surface area contributed by atoms with Crippen LogP contribution in [0.25, 0.3) is 11.0 Å². The lowest BCUT2D eigenvalue weighted by atomic mass is 10.2. The number of carbonyl (C=O) groups excluding carboxylic acids is 1. The van der Waals surface area contributed by atoms with E-state index in [1.807, 2.05) is 36.0 Å². The molecule has 0 bridgehead atoms. The number of furan rings is 1. The van der Waals surface area contributed by atoms with Crippen molar-refractivity contribution in [3.63, 3.8) is 0 Å². The zero-order valence-electron chi connectivity index (χ0n) is 11.5. The minimum atomic E-state index is -0.147. The monoisotopic (exact) mass is 277 g/mol. The Labute approximate surface area is 117 Å². The molecule has 0 aliphatic rings. The first-order chi connectivity index (χ1) is 8.96. The summed E-state index contributed by atoms with van der Waals surface area (Å²) in [5, 5.41) is 3.83. The van der Waals surface area contributed by atoms with Crippen molar-refractivity contribution in [1.82, 2.24) is 5.32 Å². The predicted octanol–water partition coefficient (Wildman–Crippen LogP) is 3.69. The molecule has 2 aromatic rings. The second-order valence-electron chi connectivity index (χ2n) is 5.37. The minimum absolute atomic E-state index is 0.147. The van der Waals surface area contributed by atoms with Crippen LogP contribution in [0, 0.1) is 0 Å². The molecular formula is C15H19NO2S. The van der Waals surface area contributed by atoms with Gasteiger partial charge in [-0.25, -0.2) is 0 Å². The van der Waals surface area contributed by atoms with Gasteiger partial charge in [0.15, 0.2) is 5.76 Å². The van der Waals surface area contributed by atoms with Crippen molar-refractivity contribution in [3.8, 4) is 0 Å². The Morgan fingerprint density at radius 1 is 1.32 bits per heavy atom. The zero-order valence-corrected chi connectivity index (χ0v) is 12.3. The number of rotatable bonds is 4. The number of hydrogen-bond acceptors (Lipinski definition) is 3. The van der Waals surface area contributed by atoms with Crippen molar-refractivity contribution >= 4 is 28.6 Å². The summed E-state index contributed by atoms with van der Waals surface area (Å²) in [6, 6.07) is 9.40. The molecule has 4 heteroatoms.